The zero-order valence-corrected chi connectivity index (χ0v) is 15.0. The molecule has 4 heteroatoms. The first-order valence-corrected chi connectivity index (χ1v) is 8.83. The lowest BCUT2D eigenvalue weighted by atomic mass is 9.49. The standard InChI is InChI=1S/C20H28O4/c1-18(2,24)13-10-12-6-7-15-19(3,16(12)14(21)11-13)8-5-9-20(15,4)17(22)23/h10-11,15,21,24H,5-9H2,1-4H3,(H,22,23)/t15?,19-,20+/m0/s1. The quantitative estimate of drug-likeness (QED) is 0.771. The third kappa shape index (κ3) is 2.34. The minimum atomic E-state index is -1.01. The van der Waals surface area contributed by atoms with Gasteiger partial charge in [0.05, 0.1) is 11.0 Å². The summed E-state index contributed by atoms with van der Waals surface area (Å²) in [6.45, 7) is 7.40. The summed E-state index contributed by atoms with van der Waals surface area (Å²) in [4.78, 5) is 12.0. The molecule has 3 rings (SSSR count). The molecule has 0 bridgehead atoms. The van der Waals surface area contributed by atoms with E-state index in [1.165, 1.54) is 0 Å². The van der Waals surface area contributed by atoms with Crippen molar-refractivity contribution in [2.45, 2.75) is 70.8 Å². The smallest absolute Gasteiger partial charge is 0.309 e. The first kappa shape index (κ1) is 17.3. The van der Waals surface area contributed by atoms with Gasteiger partial charge in [0.15, 0.2) is 0 Å². The highest BCUT2D eigenvalue weighted by Gasteiger charge is 2.56. The van der Waals surface area contributed by atoms with E-state index >= 15 is 0 Å². The molecule has 0 aliphatic heterocycles. The number of carboxylic acid groups (broad SMARTS) is 1. The van der Waals surface area contributed by atoms with Gasteiger partial charge in [0.25, 0.3) is 0 Å². The topological polar surface area (TPSA) is 77.8 Å². The number of fused-ring (bicyclic) bond motifs is 3. The molecule has 1 aromatic carbocycles. The molecule has 132 valence electrons. The van der Waals surface area contributed by atoms with Crippen molar-refractivity contribution < 1.29 is 20.1 Å². The first-order valence-electron chi connectivity index (χ1n) is 8.83. The highest BCUT2D eigenvalue weighted by atomic mass is 16.4. The van der Waals surface area contributed by atoms with Gasteiger partial charge < -0.3 is 15.3 Å². The van der Waals surface area contributed by atoms with Crippen LogP contribution in [0.1, 0.15) is 70.1 Å². The summed E-state index contributed by atoms with van der Waals surface area (Å²) in [5.41, 5.74) is 0.580. The molecule has 1 saturated carbocycles. The summed E-state index contributed by atoms with van der Waals surface area (Å²) in [5, 5.41) is 30.9. The van der Waals surface area contributed by atoms with E-state index in [1.54, 1.807) is 19.9 Å². The molecular formula is C20H28O4. The van der Waals surface area contributed by atoms with Gasteiger partial charge in [-0.2, -0.15) is 0 Å². The number of aliphatic carboxylic acids is 1. The van der Waals surface area contributed by atoms with Gasteiger partial charge >= 0.3 is 5.97 Å². The Morgan fingerprint density at radius 1 is 1.25 bits per heavy atom. The lowest BCUT2D eigenvalue weighted by Gasteiger charge is -2.53. The maximum atomic E-state index is 12.0. The van der Waals surface area contributed by atoms with Crippen molar-refractivity contribution in [3.8, 4) is 5.75 Å². The number of phenols is 1. The zero-order chi connectivity index (χ0) is 17.9. The Labute approximate surface area is 143 Å². The summed E-state index contributed by atoms with van der Waals surface area (Å²) >= 11 is 0. The molecule has 24 heavy (non-hydrogen) atoms. The van der Waals surface area contributed by atoms with Crippen LogP contribution in [0, 0.1) is 11.3 Å². The fourth-order valence-electron chi connectivity index (χ4n) is 5.26. The van der Waals surface area contributed by atoms with E-state index in [0.29, 0.717) is 12.0 Å². The molecule has 0 aromatic heterocycles. The van der Waals surface area contributed by atoms with Crippen LogP contribution in [-0.4, -0.2) is 21.3 Å². The lowest BCUT2D eigenvalue weighted by Crippen LogP contribution is -2.52. The minimum absolute atomic E-state index is 0.0163. The van der Waals surface area contributed by atoms with E-state index in [1.807, 2.05) is 13.0 Å². The summed E-state index contributed by atoms with van der Waals surface area (Å²) in [5.74, 6) is -0.511. The van der Waals surface area contributed by atoms with Gasteiger partial charge in [0.1, 0.15) is 5.75 Å². The maximum Gasteiger partial charge on any atom is 0.309 e. The number of aliphatic hydroxyl groups is 1. The van der Waals surface area contributed by atoms with Crippen LogP contribution < -0.4 is 0 Å². The van der Waals surface area contributed by atoms with Crippen LogP contribution in [-0.2, 0) is 22.2 Å². The molecule has 0 amide bonds. The number of aromatic hydroxyl groups is 1. The fourth-order valence-corrected chi connectivity index (χ4v) is 5.26. The Morgan fingerprint density at radius 2 is 1.92 bits per heavy atom. The van der Waals surface area contributed by atoms with Crippen LogP contribution in [0.3, 0.4) is 0 Å². The van der Waals surface area contributed by atoms with E-state index in [4.69, 9.17) is 0 Å². The molecule has 3 N–H and O–H groups in total. The highest BCUT2D eigenvalue weighted by molar-refractivity contribution is 5.75. The average Bonchev–Trinajstić information content (AvgIpc) is 2.45. The molecule has 2 aliphatic rings. The van der Waals surface area contributed by atoms with E-state index in [2.05, 4.69) is 6.92 Å². The lowest BCUT2D eigenvalue weighted by molar-refractivity contribution is -0.157. The first-order chi connectivity index (χ1) is 11.0. The van der Waals surface area contributed by atoms with Crippen LogP contribution in [0.25, 0.3) is 0 Å². The number of aryl methyl sites for hydroxylation is 1. The van der Waals surface area contributed by atoms with Gasteiger partial charge in [0.2, 0.25) is 0 Å². The summed E-state index contributed by atoms with van der Waals surface area (Å²) in [6.07, 6.45) is 3.99. The van der Waals surface area contributed by atoms with E-state index in [-0.39, 0.29) is 17.1 Å². The van der Waals surface area contributed by atoms with Gasteiger partial charge in [-0.15, -0.1) is 0 Å². The molecule has 1 fully saturated rings. The second-order valence-corrected chi connectivity index (χ2v) is 8.67. The second kappa shape index (κ2) is 5.22. The number of hydrogen-bond donors (Lipinski definition) is 3. The summed E-state index contributed by atoms with van der Waals surface area (Å²) < 4.78 is 0. The van der Waals surface area contributed by atoms with Crippen molar-refractivity contribution in [1.29, 1.82) is 0 Å². The Bertz CT molecular complexity index is 688. The molecule has 1 unspecified atom stereocenters. The maximum absolute atomic E-state index is 12.0. The van der Waals surface area contributed by atoms with Crippen molar-refractivity contribution in [3.63, 3.8) is 0 Å². The van der Waals surface area contributed by atoms with Gasteiger partial charge in [-0.25, -0.2) is 0 Å². The van der Waals surface area contributed by atoms with Gasteiger partial charge in [-0.05, 0) is 69.6 Å². The number of carboxylic acids is 1. The number of benzene rings is 1. The molecule has 0 spiro atoms. The van der Waals surface area contributed by atoms with Gasteiger partial charge in [-0.3, -0.25) is 4.79 Å². The highest BCUT2D eigenvalue weighted by Crippen LogP contribution is 2.59. The Hall–Kier alpha value is -1.55. The third-order valence-electron chi connectivity index (χ3n) is 6.60. The number of hydrogen-bond acceptors (Lipinski definition) is 3. The molecule has 2 aliphatic carbocycles. The average molecular weight is 332 g/mol. The molecular weight excluding hydrogens is 304 g/mol. The molecule has 0 saturated heterocycles. The van der Waals surface area contributed by atoms with Crippen molar-refractivity contribution in [2.24, 2.45) is 11.3 Å². The predicted octanol–water partition coefficient (Wildman–Crippen LogP) is 3.71. The molecule has 0 heterocycles. The molecule has 1 aromatic rings. The monoisotopic (exact) mass is 332 g/mol. The van der Waals surface area contributed by atoms with Crippen LogP contribution in [0.2, 0.25) is 0 Å². The molecule has 3 atom stereocenters. The van der Waals surface area contributed by atoms with Crippen LogP contribution >= 0.6 is 0 Å². The van der Waals surface area contributed by atoms with Crippen LogP contribution in [0.4, 0.5) is 0 Å². The van der Waals surface area contributed by atoms with Crippen LogP contribution in [0.5, 0.6) is 5.75 Å². The molecule has 0 radical (unpaired) electrons. The zero-order valence-electron chi connectivity index (χ0n) is 15.0. The second-order valence-electron chi connectivity index (χ2n) is 8.67. The Balaban J connectivity index is 2.16. The van der Waals surface area contributed by atoms with Crippen molar-refractivity contribution in [3.05, 3.63) is 28.8 Å². The van der Waals surface area contributed by atoms with E-state index in [9.17, 15) is 20.1 Å². The number of rotatable bonds is 2. The summed E-state index contributed by atoms with van der Waals surface area (Å²) in [6, 6.07) is 3.64. The largest absolute Gasteiger partial charge is 0.508 e. The Morgan fingerprint density at radius 3 is 2.50 bits per heavy atom. The number of carbonyl (C=O) groups is 1. The van der Waals surface area contributed by atoms with E-state index < -0.39 is 17.0 Å². The number of phenolic OH excluding ortho intramolecular Hbond substituents is 1. The Kier molecular flexibility index (Phi) is 3.76. The minimum Gasteiger partial charge on any atom is -0.508 e. The third-order valence-corrected chi connectivity index (χ3v) is 6.60. The normalized spacial score (nSPS) is 32.8. The van der Waals surface area contributed by atoms with Crippen molar-refractivity contribution >= 4 is 5.97 Å². The predicted molar refractivity (Wildman–Crippen MR) is 92.1 cm³/mol. The van der Waals surface area contributed by atoms with Gasteiger partial charge in [0, 0.05) is 11.0 Å². The fraction of sp³-hybridized carbons (Fsp3) is 0.650. The van der Waals surface area contributed by atoms with Crippen molar-refractivity contribution in [2.75, 3.05) is 0 Å². The summed E-state index contributed by atoms with van der Waals surface area (Å²) in [7, 11) is 0. The SMILES string of the molecule is CC(C)(O)c1cc(O)c2c(c1)CCC1[C@](C)(C(=O)O)CCC[C@]21C. The molecule has 4 nitrogen and oxygen atoms in total. The van der Waals surface area contributed by atoms with Crippen LogP contribution in [0.15, 0.2) is 12.1 Å². The van der Waals surface area contributed by atoms with Crippen molar-refractivity contribution in [1.82, 2.24) is 0 Å². The van der Waals surface area contributed by atoms with Gasteiger partial charge in [-0.1, -0.05) is 19.4 Å². The van der Waals surface area contributed by atoms with E-state index in [0.717, 1.165) is 36.8 Å².